The summed E-state index contributed by atoms with van der Waals surface area (Å²) in [6.07, 6.45) is 1.21. The third-order valence-electron chi connectivity index (χ3n) is 7.50. The van der Waals surface area contributed by atoms with E-state index in [2.05, 4.69) is 19.2 Å². The highest BCUT2D eigenvalue weighted by atomic mass is 16.5. The zero-order chi connectivity index (χ0) is 28.6. The van der Waals surface area contributed by atoms with Crippen LogP contribution in [0, 0.1) is 5.41 Å². The summed E-state index contributed by atoms with van der Waals surface area (Å²) in [5.74, 6) is 3.31. The predicted molar refractivity (Wildman–Crippen MR) is 157 cm³/mol. The molecule has 0 amide bonds. The van der Waals surface area contributed by atoms with Crippen molar-refractivity contribution < 1.29 is 19.0 Å². The summed E-state index contributed by atoms with van der Waals surface area (Å²) in [5.41, 5.74) is 4.28. The number of rotatable bonds is 8. The molecule has 1 aliphatic heterocycles. The monoisotopic (exact) mass is 550 g/mol. The van der Waals surface area contributed by atoms with Crippen molar-refractivity contribution in [1.82, 2.24) is 14.8 Å². The van der Waals surface area contributed by atoms with Crippen LogP contribution in [0.4, 0.5) is 5.95 Å². The maximum absolute atomic E-state index is 13.7. The number of carbonyl (C=O) groups is 1. The van der Waals surface area contributed by atoms with Gasteiger partial charge in [0.15, 0.2) is 23.1 Å². The summed E-state index contributed by atoms with van der Waals surface area (Å²) in [6, 6.07) is 23.1. The Morgan fingerprint density at radius 3 is 2.49 bits per heavy atom. The maximum Gasteiger partial charge on any atom is 0.226 e. The topological polar surface area (TPSA) is 87.5 Å². The van der Waals surface area contributed by atoms with Crippen molar-refractivity contribution in [3.05, 3.63) is 95.2 Å². The Bertz CT molecular complexity index is 1610. The van der Waals surface area contributed by atoms with E-state index in [4.69, 9.17) is 24.3 Å². The van der Waals surface area contributed by atoms with Crippen LogP contribution in [0.15, 0.2) is 84.1 Å². The van der Waals surface area contributed by atoms with Gasteiger partial charge in [0.25, 0.3) is 0 Å². The fraction of sp³-hybridized carbons (Fsp3) is 0.303. The second-order valence-corrected chi connectivity index (χ2v) is 11.2. The molecule has 1 unspecified atom stereocenters. The number of hydrogen-bond donors (Lipinski definition) is 1. The van der Waals surface area contributed by atoms with Gasteiger partial charge < -0.3 is 19.5 Å². The Labute approximate surface area is 240 Å². The smallest absolute Gasteiger partial charge is 0.226 e. The molecule has 0 radical (unpaired) electrons. The molecule has 6 rings (SSSR count). The molecule has 210 valence electrons. The van der Waals surface area contributed by atoms with Gasteiger partial charge in [-0.25, -0.2) is 4.68 Å². The number of hydrogen-bond acceptors (Lipinski definition) is 7. The number of Topliss-reactive ketones (excluding diaryl/α,β-unsaturated/α-hetero) is 1. The molecule has 0 spiro atoms. The lowest BCUT2D eigenvalue weighted by Crippen LogP contribution is -2.36. The van der Waals surface area contributed by atoms with E-state index in [9.17, 15) is 4.79 Å². The number of benzene rings is 3. The van der Waals surface area contributed by atoms with Crippen molar-refractivity contribution in [2.45, 2.75) is 46.3 Å². The zero-order valence-corrected chi connectivity index (χ0v) is 23.8. The van der Waals surface area contributed by atoms with E-state index < -0.39 is 6.04 Å². The van der Waals surface area contributed by atoms with E-state index in [-0.39, 0.29) is 11.2 Å². The van der Waals surface area contributed by atoms with E-state index in [0.29, 0.717) is 42.9 Å². The Morgan fingerprint density at radius 2 is 1.76 bits per heavy atom. The first kappa shape index (κ1) is 26.6. The van der Waals surface area contributed by atoms with Crippen molar-refractivity contribution in [3.8, 4) is 28.6 Å². The minimum atomic E-state index is -0.453. The second kappa shape index (κ2) is 10.8. The number of methoxy groups -OCH3 is 1. The molecule has 0 saturated carbocycles. The van der Waals surface area contributed by atoms with Crippen LogP contribution >= 0.6 is 0 Å². The number of nitrogens with one attached hydrogen (secondary N) is 1. The lowest BCUT2D eigenvalue weighted by molar-refractivity contribution is -0.118. The molecule has 0 bridgehead atoms. The van der Waals surface area contributed by atoms with Gasteiger partial charge in [0.05, 0.1) is 13.7 Å². The summed E-state index contributed by atoms with van der Waals surface area (Å²) in [4.78, 5) is 18.5. The molecule has 3 aromatic carbocycles. The fourth-order valence-electron chi connectivity index (χ4n) is 5.62. The average molecular weight is 551 g/mol. The number of ketones is 1. The van der Waals surface area contributed by atoms with Crippen molar-refractivity contribution in [2.24, 2.45) is 5.41 Å². The Morgan fingerprint density at radius 1 is 0.976 bits per heavy atom. The molecule has 2 aliphatic rings. The summed E-state index contributed by atoms with van der Waals surface area (Å²) in [6.45, 7) is 7.23. The summed E-state index contributed by atoms with van der Waals surface area (Å²) in [5, 5.41) is 8.37. The molecule has 1 aliphatic carbocycles. The molecule has 41 heavy (non-hydrogen) atoms. The molecule has 1 atom stereocenters. The van der Waals surface area contributed by atoms with Gasteiger partial charge in [0.1, 0.15) is 18.4 Å². The fourth-order valence-corrected chi connectivity index (χ4v) is 5.62. The quantitative estimate of drug-likeness (QED) is 0.265. The molecule has 4 aromatic rings. The first-order chi connectivity index (χ1) is 19.8. The summed E-state index contributed by atoms with van der Waals surface area (Å²) >= 11 is 0. The Hall–Kier alpha value is -4.59. The van der Waals surface area contributed by atoms with Crippen LogP contribution in [0.3, 0.4) is 0 Å². The number of allylic oxidation sites excluding steroid dienone is 2. The number of nitrogens with zero attached hydrogens (tertiary/aromatic N) is 3. The predicted octanol–water partition coefficient (Wildman–Crippen LogP) is 6.59. The molecule has 0 saturated heterocycles. The van der Waals surface area contributed by atoms with Crippen molar-refractivity contribution in [1.29, 1.82) is 0 Å². The lowest BCUT2D eigenvalue weighted by Gasteiger charge is -2.38. The third kappa shape index (κ3) is 5.29. The first-order valence-electron chi connectivity index (χ1n) is 13.9. The largest absolute Gasteiger partial charge is 0.494 e. The van der Waals surface area contributed by atoms with Crippen LogP contribution in [0.25, 0.3) is 11.4 Å². The molecule has 1 aromatic heterocycles. The van der Waals surface area contributed by atoms with Crippen molar-refractivity contribution in [3.63, 3.8) is 0 Å². The third-order valence-corrected chi connectivity index (χ3v) is 7.50. The van der Waals surface area contributed by atoms with E-state index in [1.54, 1.807) is 7.11 Å². The molecular formula is C33H34N4O4. The zero-order valence-electron chi connectivity index (χ0n) is 23.8. The molecule has 8 nitrogen and oxygen atoms in total. The minimum absolute atomic E-state index is 0.112. The maximum atomic E-state index is 13.7. The number of aromatic nitrogens is 3. The van der Waals surface area contributed by atoms with Gasteiger partial charge in [-0.2, -0.15) is 4.98 Å². The van der Waals surface area contributed by atoms with E-state index >= 15 is 0 Å². The van der Waals surface area contributed by atoms with E-state index in [1.165, 1.54) is 0 Å². The highest BCUT2D eigenvalue weighted by Crippen LogP contribution is 2.46. The number of fused-ring (bicyclic) bond motifs is 1. The van der Waals surface area contributed by atoms with Gasteiger partial charge in [-0.1, -0.05) is 50.2 Å². The summed E-state index contributed by atoms with van der Waals surface area (Å²) in [7, 11) is 1.63. The summed E-state index contributed by atoms with van der Waals surface area (Å²) < 4.78 is 19.3. The molecular weight excluding hydrogens is 516 g/mol. The number of ether oxygens (including phenoxy) is 3. The SMILES string of the molecule is CCOc1ccc(-c2nc3n(n2)C(c2ccc(OCc4ccccc4)c(OC)c2)C2=C(CC(C)(C)CC2=O)N3)cc1. The van der Waals surface area contributed by atoms with Gasteiger partial charge in [0, 0.05) is 23.3 Å². The van der Waals surface area contributed by atoms with Crippen LogP contribution < -0.4 is 19.5 Å². The van der Waals surface area contributed by atoms with Crippen molar-refractivity contribution in [2.75, 3.05) is 19.0 Å². The van der Waals surface area contributed by atoms with Gasteiger partial charge in [-0.3, -0.25) is 4.79 Å². The highest BCUT2D eigenvalue weighted by Gasteiger charge is 2.42. The van der Waals surface area contributed by atoms with E-state index in [0.717, 1.165) is 40.1 Å². The minimum Gasteiger partial charge on any atom is -0.494 e. The van der Waals surface area contributed by atoms with Gasteiger partial charge >= 0.3 is 0 Å². The van der Waals surface area contributed by atoms with Gasteiger partial charge in [-0.05, 0) is 66.3 Å². The molecule has 8 heteroatoms. The average Bonchev–Trinajstić information content (AvgIpc) is 3.39. The standard InChI is InChI=1S/C33H34N4O4/c1-5-40-24-14-11-22(12-15-24)31-35-32-34-25-18-33(2,3)19-26(38)29(25)30(37(32)36-31)23-13-16-27(28(17-23)39-4)41-20-21-9-7-6-8-10-21/h6-17,30H,5,18-20H2,1-4H3,(H,34,35,36). The molecule has 0 fully saturated rings. The van der Waals surface area contributed by atoms with Crippen LogP contribution in [0.5, 0.6) is 17.2 Å². The Kier molecular flexibility index (Phi) is 6.99. The first-order valence-corrected chi connectivity index (χ1v) is 13.9. The van der Waals surface area contributed by atoms with Gasteiger partial charge in [-0.15, -0.1) is 5.10 Å². The number of anilines is 1. The van der Waals surface area contributed by atoms with Gasteiger partial charge in [0.2, 0.25) is 5.95 Å². The van der Waals surface area contributed by atoms with Crippen molar-refractivity contribution >= 4 is 11.7 Å². The lowest BCUT2D eigenvalue weighted by atomic mass is 9.73. The molecule has 2 heterocycles. The number of carbonyl (C=O) groups excluding carboxylic acids is 1. The molecule has 1 N–H and O–H groups in total. The van der Waals surface area contributed by atoms with Crippen LogP contribution in [-0.2, 0) is 11.4 Å². The second-order valence-electron chi connectivity index (χ2n) is 11.2. The Balaban J connectivity index is 1.40. The van der Waals surface area contributed by atoms with Crippen LogP contribution in [0.1, 0.15) is 50.8 Å². The highest BCUT2D eigenvalue weighted by molar-refractivity contribution is 6.00. The van der Waals surface area contributed by atoms with Crippen LogP contribution in [-0.4, -0.2) is 34.3 Å². The normalized spacial score (nSPS) is 17.4. The van der Waals surface area contributed by atoms with Crippen LogP contribution in [0.2, 0.25) is 0 Å². The van der Waals surface area contributed by atoms with E-state index in [1.807, 2.05) is 84.4 Å².